The van der Waals surface area contributed by atoms with Crippen molar-refractivity contribution in [3.63, 3.8) is 0 Å². The van der Waals surface area contributed by atoms with Crippen LogP contribution in [0.25, 0.3) is 0 Å². The summed E-state index contributed by atoms with van der Waals surface area (Å²) >= 11 is 12.0. The summed E-state index contributed by atoms with van der Waals surface area (Å²) in [6.45, 7) is 6.35. The van der Waals surface area contributed by atoms with E-state index in [0.29, 0.717) is 0 Å². The molecule has 78 valence electrons. The molecule has 1 heterocycles. The Morgan fingerprint density at radius 2 is 2.07 bits per heavy atom. The molecule has 2 rings (SSSR count). The van der Waals surface area contributed by atoms with Crippen LogP contribution in [0.5, 0.6) is 0 Å². The van der Waals surface area contributed by atoms with Crippen molar-refractivity contribution in [3.05, 3.63) is 18.0 Å². The van der Waals surface area contributed by atoms with Gasteiger partial charge >= 0.3 is 0 Å². The van der Waals surface area contributed by atoms with Gasteiger partial charge in [-0.05, 0) is 33.3 Å². The quantitative estimate of drug-likeness (QED) is 0.680. The molecule has 4 heteroatoms. The van der Waals surface area contributed by atoms with Crippen LogP contribution in [0, 0.1) is 0 Å². The summed E-state index contributed by atoms with van der Waals surface area (Å²) in [6, 6.07) is 2.00. The van der Waals surface area contributed by atoms with E-state index in [9.17, 15) is 0 Å². The minimum absolute atomic E-state index is 0.0222. The van der Waals surface area contributed by atoms with Gasteiger partial charge in [0.2, 0.25) is 0 Å². The van der Waals surface area contributed by atoms with E-state index in [4.69, 9.17) is 23.2 Å². The molecule has 0 aromatic carbocycles. The fraction of sp³-hybridized carbons (Fsp3) is 0.700. The highest BCUT2D eigenvalue weighted by Gasteiger charge is 2.53. The number of alkyl halides is 2. The summed E-state index contributed by atoms with van der Waals surface area (Å²) in [6.07, 6.45) is 2.80. The summed E-state index contributed by atoms with van der Waals surface area (Å²) in [5, 5.41) is 4.49. The first kappa shape index (κ1) is 10.3. The SMILES string of the molecule is CC(C)(C)n1ccc(C2CC2(Cl)Cl)n1. The number of halogens is 2. The molecule has 0 amide bonds. The molecule has 14 heavy (non-hydrogen) atoms. The molecule has 2 nitrogen and oxygen atoms in total. The van der Waals surface area contributed by atoms with Gasteiger partial charge in [-0.1, -0.05) is 0 Å². The maximum atomic E-state index is 5.98. The van der Waals surface area contributed by atoms with Crippen LogP contribution in [-0.2, 0) is 5.54 Å². The minimum atomic E-state index is -0.572. The Morgan fingerprint density at radius 1 is 1.50 bits per heavy atom. The molecule has 1 aliphatic rings. The van der Waals surface area contributed by atoms with Gasteiger partial charge < -0.3 is 0 Å². The average Bonchev–Trinajstić information content (AvgIpc) is 2.48. The third-order valence-electron chi connectivity index (χ3n) is 2.48. The summed E-state index contributed by atoms with van der Waals surface area (Å²) < 4.78 is 1.38. The lowest BCUT2D eigenvalue weighted by Crippen LogP contribution is -2.22. The van der Waals surface area contributed by atoms with Crippen LogP contribution in [0.15, 0.2) is 12.3 Å². The van der Waals surface area contributed by atoms with E-state index in [1.165, 1.54) is 0 Å². The van der Waals surface area contributed by atoms with Crippen LogP contribution in [0.1, 0.15) is 38.8 Å². The molecular formula is C10H14Cl2N2. The van der Waals surface area contributed by atoms with Crippen LogP contribution in [0.2, 0.25) is 0 Å². The molecule has 1 aromatic heterocycles. The zero-order valence-electron chi connectivity index (χ0n) is 8.59. The van der Waals surface area contributed by atoms with Gasteiger partial charge in [-0.2, -0.15) is 5.10 Å². The lowest BCUT2D eigenvalue weighted by Gasteiger charge is -2.18. The van der Waals surface area contributed by atoms with Crippen LogP contribution in [0.4, 0.5) is 0 Å². The average molecular weight is 233 g/mol. The molecule has 0 saturated heterocycles. The van der Waals surface area contributed by atoms with Gasteiger partial charge in [-0.25, -0.2) is 0 Å². The highest BCUT2D eigenvalue weighted by molar-refractivity contribution is 6.51. The van der Waals surface area contributed by atoms with E-state index in [1.54, 1.807) is 0 Å². The van der Waals surface area contributed by atoms with Crippen LogP contribution < -0.4 is 0 Å². The first-order chi connectivity index (χ1) is 6.31. The lowest BCUT2D eigenvalue weighted by atomic mass is 10.1. The van der Waals surface area contributed by atoms with Crippen LogP contribution in [0.3, 0.4) is 0 Å². The molecule has 1 atom stereocenters. The molecule has 0 aliphatic heterocycles. The van der Waals surface area contributed by atoms with Crippen molar-refractivity contribution in [1.29, 1.82) is 0 Å². The predicted octanol–water partition coefficient (Wildman–Crippen LogP) is 3.30. The third kappa shape index (κ3) is 1.78. The number of nitrogens with zero attached hydrogens (tertiary/aromatic N) is 2. The first-order valence-corrected chi connectivity index (χ1v) is 5.50. The molecule has 1 saturated carbocycles. The lowest BCUT2D eigenvalue weighted by molar-refractivity contribution is 0.353. The molecule has 0 radical (unpaired) electrons. The topological polar surface area (TPSA) is 17.8 Å². The summed E-state index contributed by atoms with van der Waals surface area (Å²) in [5.74, 6) is 0.217. The summed E-state index contributed by atoms with van der Waals surface area (Å²) in [5.41, 5.74) is 1.03. The second kappa shape index (κ2) is 2.89. The standard InChI is InChI=1S/C10H14Cl2N2/c1-9(2,3)14-5-4-8(13-14)7-6-10(7,11)12/h4-5,7H,6H2,1-3H3. The molecule has 1 fully saturated rings. The molecule has 0 N–H and O–H groups in total. The number of hydrogen-bond acceptors (Lipinski definition) is 1. The van der Waals surface area contributed by atoms with Crippen LogP contribution in [-0.4, -0.2) is 14.1 Å². The van der Waals surface area contributed by atoms with Crippen molar-refractivity contribution in [1.82, 2.24) is 9.78 Å². The van der Waals surface area contributed by atoms with Gasteiger partial charge in [0.1, 0.15) is 4.33 Å². The molecule has 0 spiro atoms. The smallest absolute Gasteiger partial charge is 0.127 e. The highest BCUT2D eigenvalue weighted by atomic mass is 35.5. The van der Waals surface area contributed by atoms with Gasteiger partial charge in [-0.3, -0.25) is 4.68 Å². The van der Waals surface area contributed by atoms with Gasteiger partial charge in [-0.15, -0.1) is 23.2 Å². The Hall–Kier alpha value is -0.210. The Bertz CT molecular complexity index is 349. The van der Waals surface area contributed by atoms with Crippen molar-refractivity contribution >= 4 is 23.2 Å². The van der Waals surface area contributed by atoms with Crippen molar-refractivity contribution in [2.75, 3.05) is 0 Å². The number of aromatic nitrogens is 2. The van der Waals surface area contributed by atoms with Gasteiger partial charge in [0.25, 0.3) is 0 Å². The second-order valence-electron chi connectivity index (χ2n) is 4.87. The molecule has 0 bridgehead atoms. The van der Waals surface area contributed by atoms with Crippen molar-refractivity contribution in [2.24, 2.45) is 0 Å². The van der Waals surface area contributed by atoms with Crippen molar-refractivity contribution in [3.8, 4) is 0 Å². The van der Waals surface area contributed by atoms with E-state index >= 15 is 0 Å². The number of rotatable bonds is 1. The van der Waals surface area contributed by atoms with Gasteiger partial charge in [0.15, 0.2) is 0 Å². The number of hydrogen-bond donors (Lipinski definition) is 0. The van der Waals surface area contributed by atoms with E-state index in [-0.39, 0.29) is 11.5 Å². The largest absolute Gasteiger partial charge is 0.267 e. The summed E-state index contributed by atoms with van der Waals surface area (Å²) in [4.78, 5) is 0. The highest BCUT2D eigenvalue weighted by Crippen LogP contribution is 2.59. The monoisotopic (exact) mass is 232 g/mol. The van der Waals surface area contributed by atoms with Gasteiger partial charge in [0, 0.05) is 12.1 Å². The fourth-order valence-corrected chi connectivity index (χ4v) is 1.96. The Morgan fingerprint density at radius 3 is 2.43 bits per heavy atom. The van der Waals surface area contributed by atoms with E-state index in [2.05, 4.69) is 25.9 Å². The fourth-order valence-electron chi connectivity index (χ4n) is 1.43. The second-order valence-corrected chi connectivity index (χ2v) is 6.42. The predicted molar refractivity (Wildman–Crippen MR) is 59.0 cm³/mol. The zero-order valence-corrected chi connectivity index (χ0v) is 10.1. The van der Waals surface area contributed by atoms with E-state index in [0.717, 1.165) is 12.1 Å². The molecular weight excluding hydrogens is 219 g/mol. The maximum absolute atomic E-state index is 5.98. The maximum Gasteiger partial charge on any atom is 0.127 e. The molecule has 1 unspecified atom stereocenters. The van der Waals surface area contributed by atoms with Crippen molar-refractivity contribution < 1.29 is 0 Å². The Balaban J connectivity index is 2.20. The van der Waals surface area contributed by atoms with E-state index in [1.807, 2.05) is 16.9 Å². The Labute approximate surface area is 94.2 Å². The normalized spacial score (nSPS) is 25.1. The van der Waals surface area contributed by atoms with E-state index < -0.39 is 4.33 Å². The molecule has 1 aromatic rings. The summed E-state index contributed by atoms with van der Waals surface area (Å²) in [7, 11) is 0. The molecule has 1 aliphatic carbocycles. The zero-order chi connectivity index (χ0) is 10.6. The van der Waals surface area contributed by atoms with Crippen molar-refractivity contribution in [2.45, 2.75) is 43.0 Å². The Kier molecular flexibility index (Phi) is 2.13. The minimum Gasteiger partial charge on any atom is -0.267 e. The first-order valence-electron chi connectivity index (χ1n) is 4.74. The van der Waals surface area contributed by atoms with Gasteiger partial charge in [0.05, 0.1) is 11.2 Å². The third-order valence-corrected chi connectivity index (χ3v) is 3.32. The van der Waals surface area contributed by atoms with Crippen LogP contribution >= 0.6 is 23.2 Å².